The summed E-state index contributed by atoms with van der Waals surface area (Å²) < 4.78 is 0. The monoisotopic (exact) mass is 191 g/mol. The largest absolute Gasteiger partial charge is 0.493 e. The van der Waals surface area contributed by atoms with E-state index < -0.39 is 0 Å². The van der Waals surface area contributed by atoms with Gasteiger partial charge in [0.1, 0.15) is 5.69 Å². The van der Waals surface area contributed by atoms with Crippen LogP contribution in [0.3, 0.4) is 0 Å². The van der Waals surface area contributed by atoms with Gasteiger partial charge in [-0.25, -0.2) is 0 Å². The normalized spacial score (nSPS) is 10.6. The summed E-state index contributed by atoms with van der Waals surface area (Å²) in [6, 6.07) is 5.55. The first-order valence-electron chi connectivity index (χ1n) is 4.57. The number of hydrogen-bond acceptors (Lipinski definition) is 3. The maximum absolute atomic E-state index is 9.62. The van der Waals surface area contributed by atoms with E-state index in [0.29, 0.717) is 11.4 Å². The van der Waals surface area contributed by atoms with Crippen LogP contribution in [0.25, 0.3) is 10.9 Å². The predicted octanol–water partition coefficient (Wildman–Crippen LogP) is 1.89. The molecule has 1 aromatic carbocycles. The minimum Gasteiger partial charge on any atom is -0.493 e. The van der Waals surface area contributed by atoms with Gasteiger partial charge in [0.05, 0.1) is 5.52 Å². The van der Waals surface area contributed by atoms with Crippen LogP contribution in [0.5, 0.6) is 5.88 Å². The van der Waals surface area contributed by atoms with Gasteiger partial charge < -0.3 is 21.1 Å². The Morgan fingerprint density at radius 2 is 2.29 bits per heavy atom. The molecule has 14 heavy (non-hydrogen) atoms. The molecule has 4 heteroatoms. The van der Waals surface area contributed by atoms with Crippen LogP contribution < -0.4 is 11.1 Å². The summed E-state index contributed by atoms with van der Waals surface area (Å²) in [5.74, 6) is 0.139. The lowest BCUT2D eigenvalue weighted by Crippen LogP contribution is -1.96. The van der Waals surface area contributed by atoms with Crippen molar-refractivity contribution in [1.82, 2.24) is 4.98 Å². The fourth-order valence-corrected chi connectivity index (χ4v) is 1.61. The lowest BCUT2D eigenvalue weighted by atomic mass is 10.2. The molecule has 0 aliphatic heterocycles. The number of H-pyrrole nitrogens is 1. The van der Waals surface area contributed by atoms with Crippen molar-refractivity contribution in [3.8, 4) is 5.88 Å². The highest BCUT2D eigenvalue weighted by atomic mass is 16.3. The highest BCUT2D eigenvalue weighted by molar-refractivity contribution is 6.03. The van der Waals surface area contributed by atoms with Crippen molar-refractivity contribution in [2.45, 2.75) is 6.92 Å². The highest BCUT2D eigenvalue weighted by Crippen LogP contribution is 2.35. The summed E-state index contributed by atoms with van der Waals surface area (Å²) >= 11 is 0. The molecule has 4 nitrogen and oxygen atoms in total. The lowest BCUT2D eigenvalue weighted by Gasteiger charge is -2.02. The number of aromatic hydroxyl groups is 1. The van der Waals surface area contributed by atoms with Gasteiger partial charge in [0.15, 0.2) is 0 Å². The standard InChI is InChI=1S/C10H13N3O/c1-2-12-9-8-6(11)4-3-5-7(8)13-10(9)14/h3-5,12-14H,2,11H2,1H3. The van der Waals surface area contributed by atoms with Gasteiger partial charge in [-0.15, -0.1) is 0 Å². The van der Waals surface area contributed by atoms with Gasteiger partial charge in [0, 0.05) is 17.6 Å². The number of nitrogens with two attached hydrogens (primary N) is 1. The number of aromatic nitrogens is 1. The van der Waals surface area contributed by atoms with Crippen LogP contribution in [-0.2, 0) is 0 Å². The fourth-order valence-electron chi connectivity index (χ4n) is 1.61. The number of fused-ring (bicyclic) bond motifs is 1. The summed E-state index contributed by atoms with van der Waals surface area (Å²) in [4.78, 5) is 2.87. The van der Waals surface area contributed by atoms with E-state index in [1.807, 2.05) is 25.1 Å². The van der Waals surface area contributed by atoms with Crippen LogP contribution in [0.1, 0.15) is 6.92 Å². The molecule has 2 aromatic rings. The zero-order chi connectivity index (χ0) is 10.1. The Morgan fingerprint density at radius 1 is 1.50 bits per heavy atom. The number of nitrogen functional groups attached to an aromatic ring is 1. The van der Waals surface area contributed by atoms with Crippen molar-refractivity contribution in [3.63, 3.8) is 0 Å². The molecule has 0 saturated carbocycles. The molecule has 1 aromatic heterocycles. The van der Waals surface area contributed by atoms with Crippen molar-refractivity contribution in [1.29, 1.82) is 0 Å². The second-order valence-electron chi connectivity index (χ2n) is 3.15. The molecule has 0 fully saturated rings. The molecule has 74 valence electrons. The Kier molecular flexibility index (Phi) is 1.96. The van der Waals surface area contributed by atoms with Crippen molar-refractivity contribution >= 4 is 22.3 Å². The number of benzene rings is 1. The Bertz CT molecular complexity index is 462. The van der Waals surface area contributed by atoms with E-state index in [1.165, 1.54) is 0 Å². The van der Waals surface area contributed by atoms with E-state index in [1.54, 1.807) is 0 Å². The van der Waals surface area contributed by atoms with E-state index >= 15 is 0 Å². The topological polar surface area (TPSA) is 74.1 Å². The maximum atomic E-state index is 9.62. The van der Waals surface area contributed by atoms with Crippen LogP contribution in [-0.4, -0.2) is 16.6 Å². The second-order valence-corrected chi connectivity index (χ2v) is 3.15. The molecule has 0 amide bonds. The molecule has 1 heterocycles. The van der Waals surface area contributed by atoms with E-state index in [0.717, 1.165) is 17.4 Å². The number of nitrogens with one attached hydrogen (secondary N) is 2. The van der Waals surface area contributed by atoms with Crippen LogP contribution in [0.2, 0.25) is 0 Å². The Balaban J connectivity index is 2.73. The zero-order valence-corrected chi connectivity index (χ0v) is 7.96. The minimum absolute atomic E-state index is 0.139. The Morgan fingerprint density at radius 3 is 3.00 bits per heavy atom. The molecule has 5 N–H and O–H groups in total. The quantitative estimate of drug-likeness (QED) is 0.547. The minimum atomic E-state index is 0.139. The third-order valence-corrected chi connectivity index (χ3v) is 2.19. The van der Waals surface area contributed by atoms with Gasteiger partial charge in [-0.1, -0.05) is 6.07 Å². The fraction of sp³-hybridized carbons (Fsp3) is 0.200. The van der Waals surface area contributed by atoms with Crippen LogP contribution >= 0.6 is 0 Å². The molecule has 0 atom stereocenters. The van der Waals surface area contributed by atoms with E-state index in [2.05, 4.69) is 10.3 Å². The SMILES string of the molecule is CCNc1c(O)[nH]c2cccc(N)c12. The number of anilines is 2. The van der Waals surface area contributed by atoms with E-state index in [9.17, 15) is 5.11 Å². The van der Waals surface area contributed by atoms with Gasteiger partial charge >= 0.3 is 0 Å². The summed E-state index contributed by atoms with van der Waals surface area (Å²) in [7, 11) is 0. The van der Waals surface area contributed by atoms with Crippen molar-refractivity contribution < 1.29 is 5.11 Å². The Labute approximate surface area is 81.7 Å². The summed E-state index contributed by atoms with van der Waals surface area (Å²) in [5.41, 5.74) is 8.02. The van der Waals surface area contributed by atoms with Gasteiger partial charge in [-0.2, -0.15) is 0 Å². The molecule has 0 spiro atoms. The number of hydrogen-bond donors (Lipinski definition) is 4. The van der Waals surface area contributed by atoms with E-state index in [4.69, 9.17) is 5.73 Å². The van der Waals surface area contributed by atoms with Crippen LogP contribution in [0.4, 0.5) is 11.4 Å². The molecule has 0 unspecified atom stereocenters. The third-order valence-electron chi connectivity index (χ3n) is 2.19. The third kappa shape index (κ3) is 1.16. The van der Waals surface area contributed by atoms with Crippen molar-refractivity contribution in [2.24, 2.45) is 0 Å². The molecule has 2 rings (SSSR count). The lowest BCUT2D eigenvalue weighted by molar-refractivity contribution is 0.460. The molecular weight excluding hydrogens is 178 g/mol. The average Bonchev–Trinajstić information content (AvgIpc) is 2.45. The molecule has 0 aliphatic rings. The predicted molar refractivity (Wildman–Crippen MR) is 58.5 cm³/mol. The number of aromatic amines is 1. The summed E-state index contributed by atoms with van der Waals surface area (Å²) in [6.45, 7) is 2.71. The van der Waals surface area contributed by atoms with Gasteiger partial charge in [-0.05, 0) is 19.1 Å². The second kappa shape index (κ2) is 3.14. The molecule has 0 saturated heterocycles. The summed E-state index contributed by atoms with van der Waals surface area (Å²) in [5, 5.41) is 13.5. The van der Waals surface area contributed by atoms with Gasteiger partial charge in [-0.3, -0.25) is 0 Å². The van der Waals surface area contributed by atoms with Gasteiger partial charge in [0.2, 0.25) is 5.88 Å². The average molecular weight is 191 g/mol. The first-order valence-corrected chi connectivity index (χ1v) is 4.57. The van der Waals surface area contributed by atoms with Gasteiger partial charge in [0.25, 0.3) is 0 Å². The maximum Gasteiger partial charge on any atom is 0.213 e. The first-order chi connectivity index (χ1) is 6.74. The molecule has 0 radical (unpaired) electrons. The van der Waals surface area contributed by atoms with Crippen molar-refractivity contribution in [3.05, 3.63) is 18.2 Å². The van der Waals surface area contributed by atoms with Crippen molar-refractivity contribution in [2.75, 3.05) is 17.6 Å². The number of rotatable bonds is 2. The molecular formula is C10H13N3O. The Hall–Kier alpha value is -1.84. The first kappa shape index (κ1) is 8.74. The summed E-state index contributed by atoms with van der Waals surface area (Å²) in [6.07, 6.45) is 0. The van der Waals surface area contributed by atoms with Crippen LogP contribution in [0.15, 0.2) is 18.2 Å². The molecule has 0 bridgehead atoms. The smallest absolute Gasteiger partial charge is 0.213 e. The highest BCUT2D eigenvalue weighted by Gasteiger charge is 2.11. The van der Waals surface area contributed by atoms with E-state index in [-0.39, 0.29) is 5.88 Å². The van der Waals surface area contributed by atoms with Crippen LogP contribution in [0, 0.1) is 0 Å². The zero-order valence-electron chi connectivity index (χ0n) is 7.96. The molecule has 0 aliphatic carbocycles.